The van der Waals surface area contributed by atoms with Gasteiger partial charge in [0.1, 0.15) is 0 Å². The highest BCUT2D eigenvalue weighted by atomic mass is 16.2. The van der Waals surface area contributed by atoms with E-state index in [1.165, 1.54) is 0 Å². The van der Waals surface area contributed by atoms with Gasteiger partial charge >= 0.3 is 0 Å². The van der Waals surface area contributed by atoms with E-state index in [9.17, 15) is 9.59 Å². The number of anilines is 1. The molecule has 0 unspecified atom stereocenters. The van der Waals surface area contributed by atoms with Crippen molar-refractivity contribution < 1.29 is 4.79 Å². The summed E-state index contributed by atoms with van der Waals surface area (Å²) in [5.41, 5.74) is 5.34. The highest BCUT2D eigenvalue weighted by Crippen LogP contribution is 2.24. The van der Waals surface area contributed by atoms with Crippen molar-refractivity contribution in [3.63, 3.8) is 0 Å². The van der Waals surface area contributed by atoms with Crippen LogP contribution in [0.3, 0.4) is 0 Å². The third kappa shape index (κ3) is 3.54. The molecule has 1 N–H and O–H groups in total. The zero-order valence-corrected chi connectivity index (χ0v) is 15.7. The van der Waals surface area contributed by atoms with Crippen LogP contribution in [-0.4, -0.2) is 10.9 Å². The van der Waals surface area contributed by atoms with Crippen molar-refractivity contribution in [3.8, 4) is 0 Å². The maximum Gasteiger partial charge on any atom is 0.253 e. The number of carbonyl (C=O) groups is 1. The van der Waals surface area contributed by atoms with Gasteiger partial charge in [-0.15, -0.1) is 0 Å². The van der Waals surface area contributed by atoms with E-state index < -0.39 is 0 Å². The smallest absolute Gasteiger partial charge is 0.253 e. The Morgan fingerprint density at radius 3 is 2.42 bits per heavy atom. The molecule has 4 nitrogen and oxygen atoms in total. The van der Waals surface area contributed by atoms with Gasteiger partial charge in [0.2, 0.25) is 5.91 Å². The number of amides is 1. The van der Waals surface area contributed by atoms with Gasteiger partial charge in [-0.25, -0.2) is 0 Å². The molecule has 0 fully saturated rings. The summed E-state index contributed by atoms with van der Waals surface area (Å²) in [7, 11) is 0. The summed E-state index contributed by atoms with van der Waals surface area (Å²) in [6, 6.07) is 13.9. The first-order valence-corrected chi connectivity index (χ1v) is 8.89. The van der Waals surface area contributed by atoms with E-state index in [1.807, 2.05) is 70.2 Å². The Hall–Kier alpha value is -2.88. The van der Waals surface area contributed by atoms with Gasteiger partial charge < -0.3 is 9.88 Å². The molecular weight excluding hydrogens is 324 g/mol. The molecule has 134 valence electrons. The fourth-order valence-corrected chi connectivity index (χ4v) is 3.17. The van der Waals surface area contributed by atoms with Crippen LogP contribution >= 0.6 is 0 Å². The van der Waals surface area contributed by atoms with Crippen molar-refractivity contribution in [2.45, 2.75) is 40.7 Å². The maximum absolute atomic E-state index is 12.6. The van der Waals surface area contributed by atoms with Crippen LogP contribution in [-0.2, 0) is 11.3 Å². The molecule has 0 aliphatic heterocycles. The molecule has 1 heterocycles. The largest absolute Gasteiger partial charge is 0.322 e. The molecule has 1 amide bonds. The number of aryl methyl sites for hydroxylation is 3. The fourth-order valence-electron chi connectivity index (χ4n) is 3.17. The van der Waals surface area contributed by atoms with Crippen molar-refractivity contribution in [1.29, 1.82) is 0 Å². The summed E-state index contributed by atoms with van der Waals surface area (Å²) in [4.78, 5) is 29.8. The second-order valence-electron chi connectivity index (χ2n) is 6.84. The first-order valence-electron chi connectivity index (χ1n) is 8.89. The zero-order valence-electron chi connectivity index (χ0n) is 15.7. The van der Waals surface area contributed by atoms with E-state index in [0.717, 1.165) is 33.3 Å². The van der Waals surface area contributed by atoms with Gasteiger partial charge in [-0.2, -0.15) is 0 Å². The molecular formula is C22H24N2O2. The molecule has 0 atom stereocenters. The number of fused-ring (bicyclic) bond motifs is 1. The number of rotatable bonds is 4. The number of hydrogen-bond acceptors (Lipinski definition) is 2. The number of H-pyrrole nitrogens is 1. The standard InChI is InChI=1S/C22H24N2O2/c1-5-21(25)24(20-11-15(3)6-8-16(20)4)13-18-12-17-10-14(2)7-9-19(17)23-22(18)26/h6-12H,5,13H2,1-4H3,(H,23,26). The molecule has 0 bridgehead atoms. The van der Waals surface area contributed by atoms with Crippen molar-refractivity contribution in [2.75, 3.05) is 4.90 Å². The average molecular weight is 348 g/mol. The van der Waals surface area contributed by atoms with E-state index in [0.29, 0.717) is 12.0 Å². The maximum atomic E-state index is 12.6. The number of benzene rings is 2. The minimum atomic E-state index is -0.152. The number of pyridine rings is 1. The van der Waals surface area contributed by atoms with Crippen LogP contribution in [0, 0.1) is 20.8 Å². The Labute approximate surface area is 153 Å². The van der Waals surface area contributed by atoms with E-state index in [1.54, 1.807) is 4.90 Å². The number of nitrogens with one attached hydrogen (secondary N) is 1. The van der Waals surface area contributed by atoms with Gasteiger partial charge in [-0.3, -0.25) is 9.59 Å². The van der Waals surface area contributed by atoms with Gasteiger partial charge in [0.25, 0.3) is 5.56 Å². The summed E-state index contributed by atoms with van der Waals surface area (Å²) in [6.07, 6.45) is 0.387. The van der Waals surface area contributed by atoms with E-state index in [2.05, 4.69) is 4.98 Å². The third-order valence-corrected chi connectivity index (χ3v) is 4.66. The van der Waals surface area contributed by atoms with Crippen molar-refractivity contribution in [3.05, 3.63) is 75.1 Å². The third-order valence-electron chi connectivity index (χ3n) is 4.66. The highest BCUT2D eigenvalue weighted by molar-refractivity contribution is 5.94. The summed E-state index contributed by atoms with van der Waals surface area (Å²) < 4.78 is 0. The Bertz CT molecular complexity index is 1030. The summed E-state index contributed by atoms with van der Waals surface area (Å²) in [5.74, 6) is 0.00226. The Balaban J connectivity index is 2.08. The number of carbonyl (C=O) groups excluding carboxylic acids is 1. The van der Waals surface area contributed by atoms with Gasteiger partial charge in [-0.1, -0.05) is 30.7 Å². The van der Waals surface area contributed by atoms with Crippen molar-refractivity contribution in [2.24, 2.45) is 0 Å². The number of nitrogens with zero attached hydrogens (tertiary/aromatic N) is 1. The summed E-state index contributed by atoms with van der Waals surface area (Å²) in [5, 5.41) is 0.976. The molecule has 0 radical (unpaired) electrons. The van der Waals surface area contributed by atoms with Crippen molar-refractivity contribution >= 4 is 22.5 Å². The molecule has 4 heteroatoms. The molecule has 26 heavy (non-hydrogen) atoms. The van der Waals surface area contributed by atoms with Gasteiger partial charge in [0.15, 0.2) is 0 Å². The number of aromatic nitrogens is 1. The van der Waals surface area contributed by atoms with Gasteiger partial charge in [0, 0.05) is 23.2 Å². The molecule has 0 aliphatic rings. The van der Waals surface area contributed by atoms with Crippen LogP contribution in [0.1, 0.15) is 35.6 Å². The average Bonchev–Trinajstić information content (AvgIpc) is 2.62. The van der Waals surface area contributed by atoms with Crippen LogP contribution < -0.4 is 10.5 Å². The van der Waals surface area contributed by atoms with E-state index in [-0.39, 0.29) is 18.0 Å². The highest BCUT2D eigenvalue weighted by Gasteiger charge is 2.18. The van der Waals surface area contributed by atoms with Crippen LogP contribution in [0.5, 0.6) is 0 Å². The molecule has 0 saturated carbocycles. The second kappa shape index (κ2) is 7.16. The quantitative estimate of drug-likeness (QED) is 0.760. The summed E-state index contributed by atoms with van der Waals surface area (Å²) >= 11 is 0. The Kier molecular flexibility index (Phi) is 4.94. The fraction of sp³-hybridized carbons (Fsp3) is 0.273. The SMILES string of the molecule is CCC(=O)N(Cc1cc2cc(C)ccc2[nH]c1=O)c1cc(C)ccc1C. The topological polar surface area (TPSA) is 53.2 Å². The molecule has 0 spiro atoms. The lowest BCUT2D eigenvalue weighted by molar-refractivity contribution is -0.118. The molecule has 3 aromatic rings. The lowest BCUT2D eigenvalue weighted by Crippen LogP contribution is -2.32. The number of hydrogen-bond donors (Lipinski definition) is 1. The molecule has 2 aromatic carbocycles. The normalized spacial score (nSPS) is 10.9. The molecule has 0 saturated heterocycles. The predicted octanol–water partition coefficient (Wildman–Crippen LogP) is 4.40. The van der Waals surface area contributed by atoms with Gasteiger partial charge in [-0.05, 0) is 61.5 Å². The lowest BCUT2D eigenvalue weighted by atomic mass is 10.1. The van der Waals surface area contributed by atoms with Crippen LogP contribution in [0.2, 0.25) is 0 Å². The molecule has 0 aliphatic carbocycles. The minimum Gasteiger partial charge on any atom is -0.322 e. The van der Waals surface area contributed by atoms with Crippen molar-refractivity contribution in [1.82, 2.24) is 4.98 Å². The van der Waals surface area contributed by atoms with E-state index >= 15 is 0 Å². The van der Waals surface area contributed by atoms with E-state index in [4.69, 9.17) is 0 Å². The molecule has 1 aromatic heterocycles. The van der Waals surface area contributed by atoms with Crippen LogP contribution in [0.25, 0.3) is 10.9 Å². The first-order chi connectivity index (χ1) is 12.4. The van der Waals surface area contributed by atoms with Crippen LogP contribution in [0.4, 0.5) is 5.69 Å². The zero-order chi connectivity index (χ0) is 18.8. The summed E-state index contributed by atoms with van der Waals surface area (Å²) in [6.45, 7) is 8.11. The second-order valence-corrected chi connectivity index (χ2v) is 6.84. The predicted molar refractivity (Wildman–Crippen MR) is 107 cm³/mol. The minimum absolute atomic E-state index is 0.00226. The first kappa shape index (κ1) is 17.9. The number of aromatic amines is 1. The van der Waals surface area contributed by atoms with Gasteiger partial charge in [0.05, 0.1) is 6.54 Å². The molecule has 3 rings (SSSR count). The monoisotopic (exact) mass is 348 g/mol. The van der Waals surface area contributed by atoms with Crippen LogP contribution in [0.15, 0.2) is 47.3 Å². The Morgan fingerprint density at radius 1 is 1.00 bits per heavy atom. The Morgan fingerprint density at radius 2 is 1.69 bits per heavy atom. The lowest BCUT2D eigenvalue weighted by Gasteiger charge is -2.24.